The molecule has 0 N–H and O–H groups in total. The average molecular weight is 206 g/mol. The summed E-state index contributed by atoms with van der Waals surface area (Å²) in [4.78, 5) is 11.2. The Labute approximate surface area is 89.3 Å². The summed E-state index contributed by atoms with van der Waals surface area (Å²) in [5.41, 5.74) is 1.21. The van der Waals surface area contributed by atoms with Gasteiger partial charge in [0.05, 0.1) is 0 Å². The van der Waals surface area contributed by atoms with Crippen LogP contribution >= 0.6 is 0 Å². The van der Waals surface area contributed by atoms with Crippen LogP contribution in [0.3, 0.4) is 0 Å². The zero-order chi connectivity index (χ0) is 10.9. The van der Waals surface area contributed by atoms with Crippen molar-refractivity contribution >= 4 is 5.78 Å². The van der Waals surface area contributed by atoms with Crippen LogP contribution in [-0.2, 0) is 11.2 Å². The number of carbonyl (C=O) groups excluding carboxylic acids is 1. The van der Waals surface area contributed by atoms with Gasteiger partial charge in [0.1, 0.15) is 11.6 Å². The number of rotatable bonds is 2. The summed E-state index contributed by atoms with van der Waals surface area (Å²) in [7, 11) is 0. The molecule has 0 radical (unpaired) electrons. The second-order valence-electron chi connectivity index (χ2n) is 4.83. The van der Waals surface area contributed by atoms with Gasteiger partial charge in [-0.25, -0.2) is 4.39 Å². The molecule has 1 atom stereocenters. The van der Waals surface area contributed by atoms with Gasteiger partial charge in [0, 0.05) is 12.8 Å². The van der Waals surface area contributed by atoms with Crippen LogP contribution in [0.5, 0.6) is 0 Å². The van der Waals surface area contributed by atoms with Crippen LogP contribution in [0.2, 0.25) is 0 Å². The summed E-state index contributed by atoms with van der Waals surface area (Å²) in [5, 5.41) is 0. The molecule has 1 fully saturated rings. The van der Waals surface area contributed by atoms with Crippen LogP contribution < -0.4 is 0 Å². The maximum atomic E-state index is 12.7. The largest absolute Gasteiger partial charge is 0.300 e. The maximum Gasteiger partial charge on any atom is 0.133 e. The smallest absolute Gasteiger partial charge is 0.133 e. The fraction of sp³-hybridized carbons (Fsp3) is 0.462. The van der Waals surface area contributed by atoms with Crippen LogP contribution in [0.25, 0.3) is 0 Å². The Morgan fingerprint density at radius 2 is 2.00 bits per heavy atom. The Morgan fingerprint density at radius 3 is 2.53 bits per heavy atom. The third-order valence-corrected chi connectivity index (χ3v) is 3.18. The third kappa shape index (κ3) is 2.44. The second-order valence-corrected chi connectivity index (χ2v) is 4.83. The molecule has 2 rings (SSSR count). The molecule has 1 aromatic rings. The van der Waals surface area contributed by atoms with Crippen LogP contribution in [0.15, 0.2) is 24.3 Å². The highest BCUT2D eigenvalue weighted by Crippen LogP contribution is 2.38. The molecule has 0 bridgehead atoms. The van der Waals surface area contributed by atoms with Gasteiger partial charge in [0.2, 0.25) is 0 Å². The van der Waals surface area contributed by atoms with Crippen molar-refractivity contribution in [1.29, 1.82) is 0 Å². The van der Waals surface area contributed by atoms with Crippen molar-refractivity contribution in [3.05, 3.63) is 35.6 Å². The Balaban J connectivity index is 2.08. The summed E-state index contributed by atoms with van der Waals surface area (Å²) < 4.78 is 12.7. The zero-order valence-electron chi connectivity index (χ0n) is 8.92. The summed E-state index contributed by atoms with van der Waals surface area (Å²) in [5.74, 6) is 0.158. The zero-order valence-corrected chi connectivity index (χ0v) is 8.92. The predicted octanol–water partition coefficient (Wildman–Crippen LogP) is 3.13. The molecule has 1 nitrogen and oxygen atoms in total. The molecule has 80 valence electrons. The van der Waals surface area contributed by atoms with Crippen molar-refractivity contribution < 1.29 is 9.18 Å². The summed E-state index contributed by atoms with van der Waals surface area (Å²) >= 11 is 0. The highest BCUT2D eigenvalue weighted by Gasteiger charge is 2.33. The van der Waals surface area contributed by atoms with E-state index < -0.39 is 0 Å². The fourth-order valence-corrected chi connectivity index (χ4v) is 2.34. The number of benzene rings is 1. The third-order valence-electron chi connectivity index (χ3n) is 3.18. The van der Waals surface area contributed by atoms with Crippen molar-refractivity contribution in [3.63, 3.8) is 0 Å². The van der Waals surface area contributed by atoms with Crippen molar-refractivity contribution in [1.82, 2.24) is 0 Å². The van der Waals surface area contributed by atoms with Gasteiger partial charge in [-0.05, 0) is 36.0 Å². The molecular weight excluding hydrogens is 191 g/mol. The molecule has 0 heterocycles. The highest BCUT2D eigenvalue weighted by atomic mass is 19.1. The first-order chi connectivity index (χ1) is 7.07. The van der Waals surface area contributed by atoms with Gasteiger partial charge in [-0.2, -0.15) is 0 Å². The number of hydrogen-bond donors (Lipinski definition) is 0. The number of Topliss-reactive ketones (excluding diaryl/α,β-unsaturated/α-hetero) is 1. The van der Waals surface area contributed by atoms with Gasteiger partial charge in [-0.15, -0.1) is 0 Å². The highest BCUT2D eigenvalue weighted by molar-refractivity contribution is 5.81. The molecule has 1 aliphatic rings. The lowest BCUT2D eigenvalue weighted by Crippen LogP contribution is -2.15. The molecule has 1 saturated carbocycles. The van der Waals surface area contributed by atoms with E-state index in [0.29, 0.717) is 18.6 Å². The molecule has 0 amide bonds. The van der Waals surface area contributed by atoms with E-state index in [1.807, 2.05) is 12.1 Å². The van der Waals surface area contributed by atoms with Crippen molar-refractivity contribution in [2.75, 3.05) is 0 Å². The lowest BCUT2D eigenvalue weighted by molar-refractivity contribution is -0.117. The molecular formula is C13H15FO. The van der Waals surface area contributed by atoms with E-state index in [1.165, 1.54) is 12.1 Å². The van der Waals surface area contributed by atoms with Crippen molar-refractivity contribution in [2.24, 2.45) is 5.41 Å². The quantitative estimate of drug-likeness (QED) is 0.726. The van der Waals surface area contributed by atoms with E-state index in [2.05, 4.69) is 6.92 Å². The molecule has 0 aliphatic heterocycles. The lowest BCUT2D eigenvalue weighted by atomic mass is 9.82. The topological polar surface area (TPSA) is 17.1 Å². The molecule has 1 aromatic carbocycles. The van der Waals surface area contributed by atoms with Gasteiger partial charge in [0.15, 0.2) is 0 Å². The van der Waals surface area contributed by atoms with E-state index in [1.54, 1.807) is 0 Å². The van der Waals surface area contributed by atoms with Crippen LogP contribution in [0.4, 0.5) is 4.39 Å². The minimum Gasteiger partial charge on any atom is -0.300 e. The van der Waals surface area contributed by atoms with Gasteiger partial charge < -0.3 is 0 Å². The van der Waals surface area contributed by atoms with Crippen LogP contribution in [0.1, 0.15) is 31.7 Å². The van der Waals surface area contributed by atoms with Crippen LogP contribution in [-0.4, -0.2) is 5.78 Å². The molecule has 0 saturated heterocycles. The first kappa shape index (κ1) is 10.3. The first-order valence-corrected chi connectivity index (χ1v) is 5.34. The van der Waals surface area contributed by atoms with E-state index >= 15 is 0 Å². The van der Waals surface area contributed by atoms with Gasteiger partial charge in [0.25, 0.3) is 0 Å². The van der Waals surface area contributed by atoms with E-state index in [-0.39, 0.29) is 11.2 Å². The maximum absolute atomic E-state index is 12.7. The summed E-state index contributed by atoms with van der Waals surface area (Å²) in [6.07, 6.45) is 3.21. The fourth-order valence-electron chi connectivity index (χ4n) is 2.34. The second kappa shape index (κ2) is 3.76. The van der Waals surface area contributed by atoms with E-state index in [9.17, 15) is 9.18 Å². The number of halogens is 1. The standard InChI is InChI=1S/C13H15FO/c1-13(7-6-12(15)9-13)8-10-2-4-11(14)5-3-10/h2-5H,6-9H2,1H3. The Bertz CT molecular complexity index is 369. The normalized spacial score (nSPS) is 25.9. The first-order valence-electron chi connectivity index (χ1n) is 5.34. The molecule has 1 aliphatic carbocycles. The molecule has 1 unspecified atom stereocenters. The SMILES string of the molecule is CC1(Cc2ccc(F)cc2)CCC(=O)C1. The van der Waals surface area contributed by atoms with E-state index in [4.69, 9.17) is 0 Å². The van der Waals surface area contributed by atoms with Gasteiger partial charge >= 0.3 is 0 Å². The minimum absolute atomic E-state index is 0.0922. The van der Waals surface area contributed by atoms with Crippen LogP contribution in [0, 0.1) is 11.2 Å². The van der Waals surface area contributed by atoms with Crippen molar-refractivity contribution in [3.8, 4) is 0 Å². The number of ketones is 1. The minimum atomic E-state index is -0.202. The Morgan fingerprint density at radius 1 is 1.33 bits per heavy atom. The molecule has 2 heteroatoms. The number of hydrogen-bond acceptors (Lipinski definition) is 1. The molecule has 0 spiro atoms. The molecule has 15 heavy (non-hydrogen) atoms. The van der Waals surface area contributed by atoms with Crippen molar-refractivity contribution in [2.45, 2.75) is 32.6 Å². The lowest BCUT2D eigenvalue weighted by Gasteiger charge is -2.22. The predicted molar refractivity (Wildman–Crippen MR) is 57.1 cm³/mol. The number of carbonyl (C=O) groups is 1. The summed E-state index contributed by atoms with van der Waals surface area (Å²) in [6.45, 7) is 2.14. The van der Waals surface area contributed by atoms with E-state index in [0.717, 1.165) is 18.4 Å². The summed E-state index contributed by atoms with van der Waals surface area (Å²) in [6, 6.07) is 6.58. The Kier molecular flexibility index (Phi) is 2.59. The monoisotopic (exact) mass is 206 g/mol. The van der Waals surface area contributed by atoms with Gasteiger partial charge in [-0.3, -0.25) is 4.79 Å². The van der Waals surface area contributed by atoms with Gasteiger partial charge in [-0.1, -0.05) is 19.1 Å². The Hall–Kier alpha value is -1.18. The average Bonchev–Trinajstić information content (AvgIpc) is 2.50. The molecule has 0 aromatic heterocycles.